The molecule has 1 fully saturated rings. The van der Waals surface area contributed by atoms with Crippen LogP contribution in [0.4, 0.5) is 0 Å². The van der Waals surface area contributed by atoms with Gasteiger partial charge in [-0.1, -0.05) is 12.8 Å². The summed E-state index contributed by atoms with van der Waals surface area (Å²) >= 11 is 0. The van der Waals surface area contributed by atoms with Crippen LogP contribution in [-0.2, 0) is 10.8 Å². The summed E-state index contributed by atoms with van der Waals surface area (Å²) in [6, 6.07) is 1.22. The van der Waals surface area contributed by atoms with Gasteiger partial charge in [0.25, 0.3) is 0 Å². The quantitative estimate of drug-likeness (QED) is 0.692. The first kappa shape index (κ1) is 11.2. The van der Waals surface area contributed by atoms with E-state index in [0.29, 0.717) is 6.04 Å². The topological polar surface area (TPSA) is 20.3 Å². The van der Waals surface area contributed by atoms with Gasteiger partial charge in [-0.25, -0.2) is 0 Å². The van der Waals surface area contributed by atoms with E-state index in [4.69, 9.17) is 0 Å². The molecule has 2 nitrogen and oxygen atoms in total. The minimum absolute atomic E-state index is 0.467. The fourth-order valence-electron chi connectivity index (χ4n) is 2.13. The molecule has 0 aromatic carbocycles. The summed E-state index contributed by atoms with van der Waals surface area (Å²) in [6.45, 7) is 2.18. The highest BCUT2D eigenvalue weighted by atomic mass is 32.2. The molecule has 78 valence electrons. The van der Waals surface area contributed by atoms with Crippen LogP contribution in [0.25, 0.3) is 0 Å². The molecule has 3 heteroatoms. The second-order valence-corrected chi connectivity index (χ2v) is 5.67. The first-order chi connectivity index (χ1) is 6.11. The number of rotatable bonds is 4. The van der Waals surface area contributed by atoms with Crippen molar-refractivity contribution in [2.75, 3.05) is 19.1 Å². The van der Waals surface area contributed by atoms with Crippen LogP contribution in [-0.4, -0.2) is 40.2 Å². The molecule has 0 aliphatic heterocycles. The van der Waals surface area contributed by atoms with E-state index in [1.165, 1.54) is 25.7 Å². The third-order valence-electron chi connectivity index (χ3n) is 3.07. The summed E-state index contributed by atoms with van der Waals surface area (Å²) in [5.74, 6) is 0.812. The van der Waals surface area contributed by atoms with Gasteiger partial charge in [0, 0.05) is 34.9 Å². The van der Waals surface area contributed by atoms with Gasteiger partial charge in [-0.05, 0) is 26.8 Å². The zero-order valence-corrected chi connectivity index (χ0v) is 9.77. The van der Waals surface area contributed by atoms with E-state index in [0.717, 1.165) is 11.8 Å². The summed E-state index contributed by atoms with van der Waals surface area (Å²) < 4.78 is 11.1. The molecule has 0 amide bonds. The van der Waals surface area contributed by atoms with Crippen molar-refractivity contribution < 1.29 is 4.21 Å². The fraction of sp³-hybridized carbons (Fsp3) is 1.00. The second kappa shape index (κ2) is 5.11. The maximum atomic E-state index is 11.1. The van der Waals surface area contributed by atoms with E-state index in [2.05, 4.69) is 18.9 Å². The van der Waals surface area contributed by atoms with Gasteiger partial charge >= 0.3 is 0 Å². The van der Waals surface area contributed by atoms with Crippen molar-refractivity contribution in [3.8, 4) is 0 Å². The van der Waals surface area contributed by atoms with E-state index >= 15 is 0 Å². The molecule has 1 aliphatic carbocycles. The molecule has 0 N–H and O–H groups in total. The summed E-state index contributed by atoms with van der Waals surface area (Å²) in [5, 5.41) is 0. The van der Waals surface area contributed by atoms with Crippen LogP contribution in [0.15, 0.2) is 0 Å². The van der Waals surface area contributed by atoms with Crippen molar-refractivity contribution in [2.24, 2.45) is 0 Å². The van der Waals surface area contributed by atoms with Crippen molar-refractivity contribution in [1.82, 2.24) is 4.90 Å². The summed E-state index contributed by atoms with van der Waals surface area (Å²) in [5.41, 5.74) is 0. The maximum absolute atomic E-state index is 11.1. The minimum atomic E-state index is -0.658. The van der Waals surface area contributed by atoms with Crippen LogP contribution in [0, 0.1) is 0 Å². The Morgan fingerprint density at radius 2 is 2.00 bits per heavy atom. The standard InChI is InChI=1S/C10H21NOS/c1-9(8-13(3)12)11(2)10-6-4-5-7-10/h9-10H,4-8H2,1-3H3. The molecule has 13 heavy (non-hydrogen) atoms. The highest BCUT2D eigenvalue weighted by molar-refractivity contribution is 7.84. The summed E-state index contributed by atoms with van der Waals surface area (Å²) in [4.78, 5) is 2.41. The van der Waals surface area contributed by atoms with E-state index in [1.807, 2.05) is 0 Å². The Morgan fingerprint density at radius 3 is 2.46 bits per heavy atom. The highest BCUT2D eigenvalue weighted by Crippen LogP contribution is 2.23. The van der Waals surface area contributed by atoms with Gasteiger partial charge in [-0.15, -0.1) is 0 Å². The van der Waals surface area contributed by atoms with Gasteiger partial charge in [0.05, 0.1) is 0 Å². The average molecular weight is 203 g/mol. The van der Waals surface area contributed by atoms with Crippen LogP contribution < -0.4 is 0 Å². The lowest BCUT2D eigenvalue weighted by molar-refractivity contribution is 0.200. The smallest absolute Gasteiger partial charge is 0.0385 e. The Labute approximate surface area is 84.2 Å². The van der Waals surface area contributed by atoms with Gasteiger partial charge in [0.1, 0.15) is 0 Å². The number of hydrogen-bond donors (Lipinski definition) is 0. The van der Waals surface area contributed by atoms with Gasteiger partial charge in [-0.3, -0.25) is 9.11 Å². The maximum Gasteiger partial charge on any atom is 0.0385 e. The van der Waals surface area contributed by atoms with Gasteiger partial charge in [-0.2, -0.15) is 0 Å². The van der Waals surface area contributed by atoms with Crippen LogP contribution in [0.3, 0.4) is 0 Å². The first-order valence-electron chi connectivity index (χ1n) is 5.13. The molecule has 0 aromatic heterocycles. The van der Waals surface area contributed by atoms with Crippen molar-refractivity contribution in [3.63, 3.8) is 0 Å². The minimum Gasteiger partial charge on any atom is -0.300 e. The predicted octanol–water partition coefficient (Wildman–Crippen LogP) is 1.63. The molecule has 0 heterocycles. The molecular weight excluding hydrogens is 182 g/mol. The molecular formula is C10H21NOS. The predicted molar refractivity (Wildman–Crippen MR) is 58.4 cm³/mol. The molecule has 1 saturated carbocycles. The largest absolute Gasteiger partial charge is 0.300 e. The van der Waals surface area contributed by atoms with Crippen LogP contribution in [0.1, 0.15) is 32.6 Å². The SMILES string of the molecule is CC(CS(C)=O)N(C)C1CCCC1. The Balaban J connectivity index is 2.36. The molecule has 2 unspecified atom stereocenters. The third-order valence-corrected chi connectivity index (χ3v) is 4.02. The molecule has 0 aromatic rings. The van der Waals surface area contributed by atoms with Crippen LogP contribution in [0.2, 0.25) is 0 Å². The van der Waals surface area contributed by atoms with Crippen molar-refractivity contribution in [2.45, 2.75) is 44.7 Å². The van der Waals surface area contributed by atoms with E-state index in [1.54, 1.807) is 6.26 Å². The molecule has 2 atom stereocenters. The van der Waals surface area contributed by atoms with E-state index in [-0.39, 0.29) is 0 Å². The van der Waals surface area contributed by atoms with Crippen molar-refractivity contribution in [1.29, 1.82) is 0 Å². The third kappa shape index (κ3) is 3.39. The first-order valence-corrected chi connectivity index (χ1v) is 6.86. The lowest BCUT2D eigenvalue weighted by Gasteiger charge is -2.29. The number of nitrogens with zero attached hydrogens (tertiary/aromatic N) is 1. The number of hydrogen-bond acceptors (Lipinski definition) is 2. The Morgan fingerprint density at radius 1 is 1.46 bits per heavy atom. The van der Waals surface area contributed by atoms with Crippen LogP contribution in [0.5, 0.6) is 0 Å². The van der Waals surface area contributed by atoms with Crippen molar-refractivity contribution >= 4 is 10.8 Å². The van der Waals surface area contributed by atoms with Gasteiger partial charge in [0.2, 0.25) is 0 Å². The lowest BCUT2D eigenvalue weighted by Crippen LogP contribution is -2.39. The zero-order chi connectivity index (χ0) is 9.84. The van der Waals surface area contributed by atoms with Crippen molar-refractivity contribution in [3.05, 3.63) is 0 Å². The molecule has 0 spiro atoms. The average Bonchev–Trinajstić information content (AvgIpc) is 2.53. The molecule has 0 bridgehead atoms. The highest BCUT2D eigenvalue weighted by Gasteiger charge is 2.23. The summed E-state index contributed by atoms with van der Waals surface area (Å²) in [7, 11) is 1.52. The Kier molecular flexibility index (Phi) is 4.39. The second-order valence-electron chi connectivity index (χ2n) is 4.19. The Bertz CT molecular complexity index is 178. The van der Waals surface area contributed by atoms with E-state index < -0.39 is 10.8 Å². The van der Waals surface area contributed by atoms with Crippen LogP contribution >= 0.6 is 0 Å². The Hall–Kier alpha value is 0.110. The summed E-state index contributed by atoms with van der Waals surface area (Å²) in [6.07, 6.45) is 7.20. The zero-order valence-electron chi connectivity index (χ0n) is 8.95. The van der Waals surface area contributed by atoms with E-state index in [9.17, 15) is 4.21 Å². The molecule has 0 radical (unpaired) electrons. The monoisotopic (exact) mass is 203 g/mol. The molecule has 1 rings (SSSR count). The lowest BCUT2D eigenvalue weighted by atomic mass is 10.2. The molecule has 0 saturated heterocycles. The van der Waals surface area contributed by atoms with Gasteiger partial charge in [0.15, 0.2) is 0 Å². The molecule has 1 aliphatic rings. The normalized spacial score (nSPS) is 23.7. The van der Waals surface area contributed by atoms with Gasteiger partial charge < -0.3 is 0 Å². The fourth-order valence-corrected chi connectivity index (χ4v) is 3.04.